The number of halogens is 2. The molecule has 3 rings (SSSR count). The fourth-order valence-electron chi connectivity index (χ4n) is 2.32. The Hall–Kier alpha value is -2.68. The minimum atomic E-state index is -0.511. The number of anilines is 1. The van der Waals surface area contributed by atoms with Crippen molar-refractivity contribution < 1.29 is 18.4 Å². The number of carbonyl (C=O) groups excluding carboxylic acids is 2. The van der Waals surface area contributed by atoms with E-state index in [0.29, 0.717) is 10.0 Å². The molecule has 0 saturated heterocycles. The Labute approximate surface area is 146 Å². The molecule has 130 valence electrons. The van der Waals surface area contributed by atoms with Crippen molar-refractivity contribution in [3.8, 4) is 0 Å². The molecule has 0 spiro atoms. The normalized spacial score (nSPS) is 14.4. The number of hydrogen-bond donors (Lipinski definition) is 1. The second kappa shape index (κ2) is 7.06. The van der Waals surface area contributed by atoms with Crippen LogP contribution in [0.15, 0.2) is 29.5 Å². The van der Waals surface area contributed by atoms with Gasteiger partial charge in [-0.05, 0) is 23.8 Å². The highest BCUT2D eigenvalue weighted by molar-refractivity contribution is 7.15. The van der Waals surface area contributed by atoms with E-state index in [9.17, 15) is 18.4 Å². The van der Waals surface area contributed by atoms with E-state index < -0.39 is 17.5 Å². The fraction of sp³-hybridized carbons (Fsp3) is 0.250. The average Bonchev–Trinajstić information content (AvgIpc) is 3.00. The third-order valence-electron chi connectivity index (χ3n) is 3.62. The van der Waals surface area contributed by atoms with Crippen LogP contribution in [0.1, 0.15) is 23.3 Å². The van der Waals surface area contributed by atoms with Crippen LogP contribution in [0.25, 0.3) is 0 Å². The molecule has 0 aliphatic carbocycles. The SMILES string of the molecule is CN1N=C(C(=O)Nc2ncc(Cc3cc(F)ccc3F)s2)CCC1=O. The second-order valence-corrected chi connectivity index (χ2v) is 6.58. The molecule has 0 saturated carbocycles. The summed E-state index contributed by atoms with van der Waals surface area (Å²) >= 11 is 1.17. The Morgan fingerprint density at radius 2 is 2.16 bits per heavy atom. The molecule has 2 amide bonds. The zero-order valence-electron chi connectivity index (χ0n) is 13.3. The first-order chi connectivity index (χ1) is 11.9. The van der Waals surface area contributed by atoms with Crippen molar-refractivity contribution in [1.29, 1.82) is 0 Å². The summed E-state index contributed by atoms with van der Waals surface area (Å²) in [7, 11) is 1.49. The second-order valence-electron chi connectivity index (χ2n) is 5.46. The van der Waals surface area contributed by atoms with Crippen molar-refractivity contribution in [3.63, 3.8) is 0 Å². The van der Waals surface area contributed by atoms with Crippen LogP contribution >= 0.6 is 11.3 Å². The van der Waals surface area contributed by atoms with Gasteiger partial charge in [-0.2, -0.15) is 5.10 Å². The first-order valence-corrected chi connectivity index (χ1v) is 8.28. The highest BCUT2D eigenvalue weighted by atomic mass is 32.1. The van der Waals surface area contributed by atoms with Crippen LogP contribution < -0.4 is 5.32 Å². The molecule has 0 unspecified atom stereocenters. The monoisotopic (exact) mass is 364 g/mol. The van der Waals surface area contributed by atoms with E-state index in [1.807, 2.05) is 0 Å². The summed E-state index contributed by atoms with van der Waals surface area (Å²) in [5.74, 6) is -1.59. The molecule has 1 aliphatic heterocycles. The number of benzene rings is 1. The van der Waals surface area contributed by atoms with E-state index in [1.165, 1.54) is 24.6 Å². The largest absolute Gasteiger partial charge is 0.297 e. The lowest BCUT2D eigenvalue weighted by Crippen LogP contribution is -2.34. The van der Waals surface area contributed by atoms with Gasteiger partial charge in [0.15, 0.2) is 5.13 Å². The molecule has 1 aromatic heterocycles. The maximum Gasteiger partial charge on any atom is 0.273 e. The standard InChI is InChI=1S/C16H14F2N4O2S/c1-22-14(23)5-4-13(21-22)15(24)20-16-19-8-11(25-16)7-9-6-10(17)2-3-12(9)18/h2-3,6,8H,4-5,7H2,1H3,(H,19,20,24). The number of nitrogens with one attached hydrogen (secondary N) is 1. The van der Waals surface area contributed by atoms with Gasteiger partial charge in [-0.1, -0.05) is 0 Å². The first kappa shape index (κ1) is 17.2. The van der Waals surface area contributed by atoms with Crippen molar-refractivity contribution in [2.45, 2.75) is 19.3 Å². The topological polar surface area (TPSA) is 74.7 Å². The van der Waals surface area contributed by atoms with Gasteiger partial charge < -0.3 is 0 Å². The Bertz CT molecular complexity index is 866. The van der Waals surface area contributed by atoms with Crippen molar-refractivity contribution in [2.24, 2.45) is 5.10 Å². The Balaban J connectivity index is 1.67. The summed E-state index contributed by atoms with van der Waals surface area (Å²) in [5, 5.41) is 8.01. The molecule has 0 fully saturated rings. The highest BCUT2D eigenvalue weighted by Gasteiger charge is 2.22. The van der Waals surface area contributed by atoms with Gasteiger partial charge in [-0.25, -0.2) is 18.8 Å². The van der Waals surface area contributed by atoms with Crippen LogP contribution in [0.4, 0.5) is 13.9 Å². The molecule has 6 nitrogen and oxygen atoms in total. The van der Waals surface area contributed by atoms with Crippen molar-refractivity contribution in [1.82, 2.24) is 9.99 Å². The minimum absolute atomic E-state index is 0.148. The number of rotatable bonds is 4. The van der Waals surface area contributed by atoms with Crippen LogP contribution in [0.2, 0.25) is 0 Å². The number of thiazole rings is 1. The number of amides is 2. The lowest BCUT2D eigenvalue weighted by molar-refractivity contribution is -0.130. The Morgan fingerprint density at radius 3 is 2.92 bits per heavy atom. The lowest BCUT2D eigenvalue weighted by Gasteiger charge is -2.18. The zero-order chi connectivity index (χ0) is 18.0. The van der Waals surface area contributed by atoms with Gasteiger partial charge in [0.2, 0.25) is 5.91 Å². The molecule has 2 aromatic rings. The van der Waals surface area contributed by atoms with E-state index >= 15 is 0 Å². The maximum atomic E-state index is 13.7. The molecule has 1 aromatic carbocycles. The molecule has 0 atom stereocenters. The predicted octanol–water partition coefficient (Wildman–Crippen LogP) is 2.56. The lowest BCUT2D eigenvalue weighted by atomic mass is 10.1. The van der Waals surface area contributed by atoms with Gasteiger partial charge in [-0.3, -0.25) is 14.9 Å². The van der Waals surface area contributed by atoms with E-state index in [-0.39, 0.29) is 36.4 Å². The third kappa shape index (κ3) is 4.05. The van der Waals surface area contributed by atoms with Gasteiger partial charge in [-0.15, -0.1) is 11.3 Å². The summed E-state index contributed by atoms with van der Waals surface area (Å²) in [6.07, 6.45) is 2.17. The molecule has 1 N–H and O–H groups in total. The molecule has 25 heavy (non-hydrogen) atoms. The van der Waals surface area contributed by atoms with Crippen molar-refractivity contribution >= 4 is 34.0 Å². The van der Waals surface area contributed by atoms with Crippen LogP contribution in [-0.2, 0) is 16.0 Å². The number of hydrogen-bond acceptors (Lipinski definition) is 5. The van der Waals surface area contributed by atoms with Crippen LogP contribution in [0.5, 0.6) is 0 Å². The molecular formula is C16H14F2N4O2S. The van der Waals surface area contributed by atoms with Crippen molar-refractivity contribution in [3.05, 3.63) is 46.5 Å². The molecular weight excluding hydrogens is 350 g/mol. The zero-order valence-corrected chi connectivity index (χ0v) is 14.1. The average molecular weight is 364 g/mol. The summed E-state index contributed by atoms with van der Waals surface area (Å²) in [6, 6.07) is 3.27. The number of hydrazone groups is 1. The highest BCUT2D eigenvalue weighted by Crippen LogP contribution is 2.23. The Morgan fingerprint density at radius 1 is 1.36 bits per heavy atom. The molecule has 0 radical (unpaired) electrons. The fourth-order valence-corrected chi connectivity index (χ4v) is 3.15. The summed E-state index contributed by atoms with van der Waals surface area (Å²) in [6.45, 7) is 0. The van der Waals surface area contributed by atoms with Gasteiger partial charge in [0.05, 0.1) is 0 Å². The van der Waals surface area contributed by atoms with Gasteiger partial charge >= 0.3 is 0 Å². The molecule has 9 heteroatoms. The van der Waals surface area contributed by atoms with Crippen LogP contribution in [-0.4, -0.2) is 34.6 Å². The van der Waals surface area contributed by atoms with E-state index in [0.717, 1.165) is 23.2 Å². The summed E-state index contributed by atoms with van der Waals surface area (Å²) < 4.78 is 26.9. The number of nitrogens with zero attached hydrogens (tertiary/aromatic N) is 3. The van der Waals surface area contributed by atoms with E-state index in [4.69, 9.17) is 0 Å². The van der Waals surface area contributed by atoms with Crippen LogP contribution in [0.3, 0.4) is 0 Å². The summed E-state index contributed by atoms with van der Waals surface area (Å²) in [5.41, 5.74) is 0.466. The smallest absolute Gasteiger partial charge is 0.273 e. The Kier molecular flexibility index (Phi) is 4.84. The number of aromatic nitrogens is 1. The third-order valence-corrected chi connectivity index (χ3v) is 4.53. The van der Waals surface area contributed by atoms with Crippen LogP contribution in [0, 0.1) is 11.6 Å². The van der Waals surface area contributed by atoms with Crippen molar-refractivity contribution in [2.75, 3.05) is 12.4 Å². The number of carbonyl (C=O) groups is 2. The minimum Gasteiger partial charge on any atom is -0.297 e. The molecule has 0 bridgehead atoms. The molecule has 1 aliphatic rings. The molecule has 2 heterocycles. The summed E-state index contributed by atoms with van der Waals surface area (Å²) in [4.78, 5) is 28.3. The quantitative estimate of drug-likeness (QED) is 0.906. The van der Waals surface area contributed by atoms with Gasteiger partial charge in [0, 0.05) is 37.4 Å². The van der Waals surface area contributed by atoms with Gasteiger partial charge in [0.25, 0.3) is 5.91 Å². The first-order valence-electron chi connectivity index (χ1n) is 7.46. The van der Waals surface area contributed by atoms with E-state index in [1.54, 1.807) is 0 Å². The predicted molar refractivity (Wildman–Crippen MR) is 89.3 cm³/mol. The van der Waals surface area contributed by atoms with E-state index in [2.05, 4.69) is 15.4 Å². The van der Waals surface area contributed by atoms with Gasteiger partial charge in [0.1, 0.15) is 17.3 Å². The maximum absolute atomic E-state index is 13.7.